The molecule has 0 fully saturated rings. The van der Waals surface area contributed by atoms with Gasteiger partial charge in [-0.25, -0.2) is 9.37 Å². The molecule has 0 aliphatic carbocycles. The molecule has 3 rings (SSSR count). The van der Waals surface area contributed by atoms with Crippen LogP contribution in [0.25, 0.3) is 4.96 Å². The number of hydrogen-bond donors (Lipinski definition) is 0. The van der Waals surface area contributed by atoms with Crippen LogP contribution in [0, 0.1) is 11.7 Å². The van der Waals surface area contributed by atoms with Gasteiger partial charge in [0.1, 0.15) is 5.82 Å². The maximum absolute atomic E-state index is 12.9. The van der Waals surface area contributed by atoms with Crippen LogP contribution < -0.4 is 0 Å². The average Bonchev–Trinajstić information content (AvgIpc) is 3.01. The lowest BCUT2D eigenvalue weighted by molar-refractivity contribution is 0.581. The highest BCUT2D eigenvalue weighted by Crippen LogP contribution is 2.19. The highest BCUT2D eigenvalue weighted by atomic mass is 79.9. The fraction of sp³-hybridized carbons (Fsp3) is 0.267. The van der Waals surface area contributed by atoms with E-state index in [4.69, 9.17) is 0 Å². The quantitative estimate of drug-likeness (QED) is 0.624. The van der Waals surface area contributed by atoms with Crippen molar-refractivity contribution >= 4 is 32.2 Å². The normalized spacial score (nSPS) is 12.9. The number of alkyl halides is 1. The fourth-order valence-electron chi connectivity index (χ4n) is 2.31. The van der Waals surface area contributed by atoms with E-state index >= 15 is 0 Å². The van der Waals surface area contributed by atoms with E-state index in [0.717, 1.165) is 34.4 Å². The Hall–Kier alpha value is -1.20. The second-order valence-corrected chi connectivity index (χ2v) is 6.40. The van der Waals surface area contributed by atoms with Crippen LogP contribution in [0.15, 0.2) is 42.0 Å². The molecular formula is C15H14BrFN2S. The van der Waals surface area contributed by atoms with E-state index < -0.39 is 0 Å². The largest absolute Gasteiger partial charge is 0.297 e. The zero-order valence-electron chi connectivity index (χ0n) is 10.8. The van der Waals surface area contributed by atoms with Crippen LogP contribution >= 0.6 is 27.3 Å². The smallest absolute Gasteiger partial charge is 0.193 e. The number of nitrogens with zero attached hydrogens (tertiary/aromatic N) is 2. The fourth-order valence-corrected chi connectivity index (χ4v) is 3.48. The van der Waals surface area contributed by atoms with Crippen molar-refractivity contribution in [3.63, 3.8) is 0 Å². The number of thiazole rings is 1. The lowest BCUT2D eigenvalue weighted by atomic mass is 9.97. The lowest BCUT2D eigenvalue weighted by Gasteiger charge is -2.12. The maximum Gasteiger partial charge on any atom is 0.193 e. The summed E-state index contributed by atoms with van der Waals surface area (Å²) in [5.74, 6) is 0.281. The number of hydrogen-bond acceptors (Lipinski definition) is 2. The van der Waals surface area contributed by atoms with Gasteiger partial charge in [-0.05, 0) is 36.5 Å². The first-order valence-corrected chi connectivity index (χ1v) is 8.46. The van der Waals surface area contributed by atoms with Gasteiger partial charge in [0.2, 0.25) is 0 Å². The zero-order valence-corrected chi connectivity index (χ0v) is 13.2. The van der Waals surface area contributed by atoms with Crippen LogP contribution in [0.2, 0.25) is 0 Å². The Kier molecular flexibility index (Phi) is 4.17. The molecule has 0 saturated heterocycles. The molecule has 1 atom stereocenters. The van der Waals surface area contributed by atoms with Crippen LogP contribution in [0.1, 0.15) is 11.3 Å². The minimum atomic E-state index is -0.182. The van der Waals surface area contributed by atoms with Crippen molar-refractivity contribution in [3.05, 3.63) is 59.1 Å². The van der Waals surface area contributed by atoms with Gasteiger partial charge in [0.15, 0.2) is 4.96 Å². The van der Waals surface area contributed by atoms with Crippen molar-refractivity contribution in [3.8, 4) is 0 Å². The third-order valence-corrected chi connectivity index (χ3v) is 4.98. The van der Waals surface area contributed by atoms with Crippen molar-refractivity contribution in [1.29, 1.82) is 0 Å². The van der Waals surface area contributed by atoms with Gasteiger partial charge in [-0.3, -0.25) is 4.40 Å². The summed E-state index contributed by atoms with van der Waals surface area (Å²) >= 11 is 5.22. The number of halogens is 2. The summed E-state index contributed by atoms with van der Waals surface area (Å²) in [6.45, 7) is 0. The average molecular weight is 353 g/mol. The lowest BCUT2D eigenvalue weighted by Crippen LogP contribution is -2.10. The van der Waals surface area contributed by atoms with E-state index in [1.807, 2.05) is 23.7 Å². The minimum absolute atomic E-state index is 0.182. The number of fused-ring (bicyclic) bond motifs is 1. The Bertz CT molecular complexity index is 661. The first-order chi connectivity index (χ1) is 9.74. The van der Waals surface area contributed by atoms with E-state index in [9.17, 15) is 4.39 Å². The summed E-state index contributed by atoms with van der Waals surface area (Å²) in [5, 5.41) is 2.95. The number of imidazole rings is 1. The topological polar surface area (TPSA) is 17.3 Å². The number of benzene rings is 1. The van der Waals surface area contributed by atoms with Crippen molar-refractivity contribution in [2.75, 3.05) is 5.33 Å². The molecule has 1 aromatic carbocycles. The molecule has 2 heterocycles. The van der Waals surface area contributed by atoms with Crippen molar-refractivity contribution in [2.24, 2.45) is 5.92 Å². The zero-order chi connectivity index (χ0) is 13.9. The molecule has 0 amide bonds. The molecule has 0 N–H and O–H groups in total. The first-order valence-electron chi connectivity index (χ1n) is 6.46. The highest BCUT2D eigenvalue weighted by Gasteiger charge is 2.12. The Labute approximate surface area is 129 Å². The molecule has 0 aliphatic heterocycles. The highest BCUT2D eigenvalue weighted by molar-refractivity contribution is 9.09. The monoisotopic (exact) mass is 352 g/mol. The first kappa shape index (κ1) is 13.8. The van der Waals surface area contributed by atoms with E-state index in [1.54, 1.807) is 11.3 Å². The second kappa shape index (κ2) is 6.06. The summed E-state index contributed by atoms with van der Waals surface area (Å²) < 4.78 is 15.0. The van der Waals surface area contributed by atoms with Crippen molar-refractivity contribution in [2.45, 2.75) is 12.8 Å². The third kappa shape index (κ3) is 3.10. The predicted molar refractivity (Wildman–Crippen MR) is 84.2 cm³/mol. The number of aromatic nitrogens is 2. The van der Waals surface area contributed by atoms with Gasteiger partial charge in [-0.15, -0.1) is 11.3 Å². The maximum atomic E-state index is 12.9. The molecular weight excluding hydrogens is 339 g/mol. The molecule has 0 spiro atoms. The van der Waals surface area contributed by atoms with Crippen molar-refractivity contribution < 1.29 is 4.39 Å². The molecule has 2 nitrogen and oxygen atoms in total. The molecule has 0 aliphatic rings. The Balaban J connectivity index is 1.70. The van der Waals surface area contributed by atoms with Gasteiger partial charge in [0.25, 0.3) is 0 Å². The van der Waals surface area contributed by atoms with Crippen LogP contribution in [-0.2, 0) is 12.8 Å². The van der Waals surface area contributed by atoms with Crippen LogP contribution in [0.5, 0.6) is 0 Å². The SMILES string of the molecule is Fc1ccc(CC(CBr)Cc2cn3ccsc3n2)cc1. The van der Waals surface area contributed by atoms with Gasteiger partial charge in [0.05, 0.1) is 5.69 Å². The molecule has 1 unspecified atom stereocenters. The number of rotatable bonds is 5. The third-order valence-electron chi connectivity index (χ3n) is 3.30. The molecule has 0 radical (unpaired) electrons. The Morgan fingerprint density at radius 2 is 2.05 bits per heavy atom. The van der Waals surface area contributed by atoms with Crippen LogP contribution in [-0.4, -0.2) is 14.7 Å². The van der Waals surface area contributed by atoms with Crippen LogP contribution in [0.3, 0.4) is 0 Å². The summed E-state index contributed by atoms with van der Waals surface area (Å²) in [7, 11) is 0. The van der Waals surface area contributed by atoms with E-state index in [0.29, 0.717) is 5.92 Å². The standard InChI is InChI=1S/C15H14BrFN2S/c16-9-12(7-11-1-3-13(17)4-2-11)8-14-10-19-5-6-20-15(19)18-14/h1-6,10,12H,7-9H2. The molecule has 104 valence electrons. The summed E-state index contributed by atoms with van der Waals surface area (Å²) in [6.07, 6.45) is 5.97. The van der Waals surface area contributed by atoms with Gasteiger partial charge >= 0.3 is 0 Å². The molecule has 20 heavy (non-hydrogen) atoms. The summed E-state index contributed by atoms with van der Waals surface area (Å²) in [4.78, 5) is 5.65. The Morgan fingerprint density at radius 3 is 2.75 bits per heavy atom. The van der Waals surface area contributed by atoms with Crippen molar-refractivity contribution in [1.82, 2.24) is 9.38 Å². The molecule has 0 bridgehead atoms. The summed E-state index contributed by atoms with van der Waals surface area (Å²) in [5.41, 5.74) is 2.28. The van der Waals surface area contributed by atoms with Crippen LogP contribution in [0.4, 0.5) is 4.39 Å². The Morgan fingerprint density at radius 1 is 1.25 bits per heavy atom. The van der Waals surface area contributed by atoms with Gasteiger partial charge in [-0.1, -0.05) is 28.1 Å². The molecule has 0 saturated carbocycles. The van der Waals surface area contributed by atoms with E-state index in [2.05, 4.69) is 31.5 Å². The second-order valence-electron chi connectivity index (χ2n) is 4.88. The molecule has 2 aromatic heterocycles. The minimum Gasteiger partial charge on any atom is -0.297 e. The predicted octanol–water partition coefficient (Wildman–Crippen LogP) is 4.33. The van der Waals surface area contributed by atoms with E-state index in [-0.39, 0.29) is 5.82 Å². The van der Waals surface area contributed by atoms with Gasteiger partial charge < -0.3 is 0 Å². The molecule has 3 aromatic rings. The summed E-state index contributed by atoms with van der Waals surface area (Å²) in [6, 6.07) is 6.76. The van der Waals surface area contributed by atoms with E-state index in [1.165, 1.54) is 12.1 Å². The van der Waals surface area contributed by atoms with Gasteiger partial charge in [0, 0.05) is 23.1 Å². The molecule has 5 heteroatoms. The van der Waals surface area contributed by atoms with Gasteiger partial charge in [-0.2, -0.15) is 0 Å².